The van der Waals surface area contributed by atoms with E-state index in [4.69, 9.17) is 0 Å². The lowest BCUT2D eigenvalue weighted by Crippen LogP contribution is -2.01. The van der Waals surface area contributed by atoms with Gasteiger partial charge in [0.2, 0.25) is 0 Å². The molecule has 0 aromatic carbocycles. The zero-order valence-corrected chi connectivity index (χ0v) is 10.2. The molecule has 1 N–H and O–H groups in total. The fraction of sp³-hybridized carbons (Fsp3) is 0.750. The van der Waals surface area contributed by atoms with Crippen molar-refractivity contribution in [2.45, 2.75) is 46.1 Å². The molecule has 0 bridgehead atoms. The average molecular weight is 210 g/mol. The lowest BCUT2D eigenvalue weighted by atomic mass is 10.00. The molecule has 1 rings (SSSR count). The van der Waals surface area contributed by atoms with Gasteiger partial charge in [-0.25, -0.2) is 0 Å². The van der Waals surface area contributed by atoms with Crippen LogP contribution in [0, 0.1) is 5.92 Å². The molecule has 1 heterocycles. The summed E-state index contributed by atoms with van der Waals surface area (Å²) in [5.74, 6) is 0.640. The van der Waals surface area contributed by atoms with Gasteiger partial charge in [0.05, 0.1) is 11.8 Å². The second kappa shape index (κ2) is 5.31. The van der Waals surface area contributed by atoms with Crippen LogP contribution in [0.15, 0.2) is 6.20 Å². The predicted molar refractivity (Wildman–Crippen MR) is 61.6 cm³/mol. The van der Waals surface area contributed by atoms with E-state index in [9.17, 15) is 5.11 Å². The number of nitrogens with zero attached hydrogens (tertiary/aromatic N) is 2. The molecule has 1 unspecified atom stereocenters. The number of rotatable bonds is 5. The van der Waals surface area contributed by atoms with Crippen LogP contribution in [-0.4, -0.2) is 14.9 Å². The maximum absolute atomic E-state index is 10.0. The number of aromatic nitrogens is 2. The highest BCUT2D eigenvalue weighted by Crippen LogP contribution is 2.23. The Kier molecular flexibility index (Phi) is 4.33. The Labute approximate surface area is 92.1 Å². The highest BCUT2D eigenvalue weighted by molar-refractivity contribution is 5.19. The number of aryl methyl sites for hydroxylation is 2. The third kappa shape index (κ3) is 3.34. The minimum atomic E-state index is -0.351. The molecule has 3 heteroatoms. The average Bonchev–Trinajstić information content (AvgIpc) is 2.56. The molecular weight excluding hydrogens is 188 g/mol. The monoisotopic (exact) mass is 210 g/mol. The predicted octanol–water partition coefficient (Wildman–Crippen LogP) is 2.45. The lowest BCUT2D eigenvalue weighted by Gasteiger charge is -2.11. The maximum Gasteiger partial charge on any atom is 0.0823 e. The first-order valence-corrected chi connectivity index (χ1v) is 5.75. The van der Waals surface area contributed by atoms with Gasteiger partial charge in [0.1, 0.15) is 0 Å². The fourth-order valence-electron chi connectivity index (χ4n) is 1.75. The summed E-state index contributed by atoms with van der Waals surface area (Å²) in [6, 6.07) is 0. The summed E-state index contributed by atoms with van der Waals surface area (Å²) in [7, 11) is 1.90. The standard InChI is InChI=1S/C12H22N2O/c1-5-11-10(8-14(4)13-11)12(15)7-6-9(2)3/h8-9,12,15H,5-7H2,1-4H3. The Balaban J connectivity index is 2.67. The summed E-state index contributed by atoms with van der Waals surface area (Å²) in [5, 5.41) is 14.4. The van der Waals surface area contributed by atoms with Crippen molar-refractivity contribution in [2.24, 2.45) is 13.0 Å². The van der Waals surface area contributed by atoms with Crippen molar-refractivity contribution >= 4 is 0 Å². The molecule has 15 heavy (non-hydrogen) atoms. The summed E-state index contributed by atoms with van der Waals surface area (Å²) in [6.07, 6.45) is 4.35. The zero-order chi connectivity index (χ0) is 11.4. The van der Waals surface area contributed by atoms with Gasteiger partial charge >= 0.3 is 0 Å². The highest BCUT2D eigenvalue weighted by Gasteiger charge is 2.15. The minimum absolute atomic E-state index is 0.351. The number of aliphatic hydroxyl groups is 1. The molecule has 3 nitrogen and oxygen atoms in total. The van der Waals surface area contributed by atoms with Crippen LogP contribution in [0.5, 0.6) is 0 Å². The molecule has 0 spiro atoms. The summed E-state index contributed by atoms with van der Waals surface area (Å²) in [4.78, 5) is 0. The van der Waals surface area contributed by atoms with Crippen molar-refractivity contribution in [3.05, 3.63) is 17.5 Å². The molecule has 0 aliphatic heterocycles. The van der Waals surface area contributed by atoms with Crippen LogP contribution in [0.2, 0.25) is 0 Å². The van der Waals surface area contributed by atoms with Crippen molar-refractivity contribution < 1.29 is 5.11 Å². The quantitative estimate of drug-likeness (QED) is 0.810. The van der Waals surface area contributed by atoms with Crippen molar-refractivity contribution in [3.63, 3.8) is 0 Å². The van der Waals surface area contributed by atoms with E-state index in [0.29, 0.717) is 5.92 Å². The van der Waals surface area contributed by atoms with E-state index >= 15 is 0 Å². The Morgan fingerprint density at radius 3 is 2.60 bits per heavy atom. The van der Waals surface area contributed by atoms with Crippen LogP contribution in [0.4, 0.5) is 0 Å². The molecule has 1 aromatic heterocycles. The Bertz CT molecular complexity index is 305. The van der Waals surface area contributed by atoms with E-state index in [1.165, 1.54) is 0 Å². The van der Waals surface area contributed by atoms with Crippen LogP contribution in [0.1, 0.15) is 51.0 Å². The second-order valence-electron chi connectivity index (χ2n) is 4.55. The van der Waals surface area contributed by atoms with Gasteiger partial charge in [-0.05, 0) is 25.2 Å². The van der Waals surface area contributed by atoms with Gasteiger partial charge in [-0.3, -0.25) is 4.68 Å². The first-order chi connectivity index (χ1) is 7.04. The number of hydrogen-bond donors (Lipinski definition) is 1. The van der Waals surface area contributed by atoms with Gasteiger partial charge in [0.15, 0.2) is 0 Å². The van der Waals surface area contributed by atoms with Gasteiger partial charge in [-0.2, -0.15) is 5.10 Å². The molecule has 1 atom stereocenters. The van der Waals surface area contributed by atoms with Gasteiger partial charge in [-0.15, -0.1) is 0 Å². The second-order valence-corrected chi connectivity index (χ2v) is 4.55. The first kappa shape index (κ1) is 12.2. The van der Waals surface area contributed by atoms with Gasteiger partial charge < -0.3 is 5.11 Å². The third-order valence-corrected chi connectivity index (χ3v) is 2.65. The molecule has 0 aliphatic rings. The summed E-state index contributed by atoms with van der Waals surface area (Å²) in [6.45, 7) is 6.42. The van der Waals surface area contributed by atoms with Crippen LogP contribution >= 0.6 is 0 Å². The topological polar surface area (TPSA) is 38.0 Å². The molecule has 0 aliphatic carbocycles. The van der Waals surface area contributed by atoms with Gasteiger partial charge in [0.25, 0.3) is 0 Å². The Morgan fingerprint density at radius 1 is 1.40 bits per heavy atom. The van der Waals surface area contributed by atoms with Crippen LogP contribution in [0.25, 0.3) is 0 Å². The molecular formula is C12H22N2O. The van der Waals surface area contributed by atoms with E-state index in [1.54, 1.807) is 4.68 Å². The number of aliphatic hydroxyl groups excluding tert-OH is 1. The smallest absolute Gasteiger partial charge is 0.0823 e. The molecule has 0 saturated heterocycles. The third-order valence-electron chi connectivity index (χ3n) is 2.65. The minimum Gasteiger partial charge on any atom is -0.388 e. The summed E-state index contributed by atoms with van der Waals surface area (Å²) >= 11 is 0. The van der Waals surface area contributed by atoms with Crippen LogP contribution in [0.3, 0.4) is 0 Å². The zero-order valence-electron chi connectivity index (χ0n) is 10.2. The summed E-state index contributed by atoms with van der Waals surface area (Å²) < 4.78 is 1.78. The Hall–Kier alpha value is -0.830. The maximum atomic E-state index is 10.0. The molecule has 0 radical (unpaired) electrons. The van der Waals surface area contributed by atoms with Crippen molar-refractivity contribution in [1.29, 1.82) is 0 Å². The Morgan fingerprint density at radius 2 is 2.07 bits per heavy atom. The largest absolute Gasteiger partial charge is 0.388 e. The van der Waals surface area contributed by atoms with Crippen LogP contribution < -0.4 is 0 Å². The van der Waals surface area contributed by atoms with E-state index in [0.717, 1.165) is 30.5 Å². The summed E-state index contributed by atoms with van der Waals surface area (Å²) in [5.41, 5.74) is 2.02. The SMILES string of the molecule is CCc1nn(C)cc1C(O)CCC(C)C. The van der Waals surface area contributed by atoms with E-state index in [1.807, 2.05) is 13.2 Å². The number of hydrogen-bond acceptors (Lipinski definition) is 2. The van der Waals surface area contributed by atoms with Crippen molar-refractivity contribution in [3.8, 4) is 0 Å². The van der Waals surface area contributed by atoms with Crippen molar-refractivity contribution in [1.82, 2.24) is 9.78 Å². The van der Waals surface area contributed by atoms with Gasteiger partial charge in [-0.1, -0.05) is 20.8 Å². The molecule has 0 fully saturated rings. The van der Waals surface area contributed by atoms with Crippen molar-refractivity contribution in [2.75, 3.05) is 0 Å². The first-order valence-electron chi connectivity index (χ1n) is 5.75. The molecule has 1 aromatic rings. The lowest BCUT2D eigenvalue weighted by molar-refractivity contribution is 0.158. The molecule has 0 saturated carbocycles. The van der Waals surface area contributed by atoms with E-state index in [-0.39, 0.29) is 6.10 Å². The van der Waals surface area contributed by atoms with E-state index in [2.05, 4.69) is 25.9 Å². The molecule has 86 valence electrons. The van der Waals surface area contributed by atoms with Crippen LogP contribution in [-0.2, 0) is 13.5 Å². The molecule has 0 amide bonds. The highest BCUT2D eigenvalue weighted by atomic mass is 16.3. The fourth-order valence-corrected chi connectivity index (χ4v) is 1.75. The van der Waals surface area contributed by atoms with E-state index < -0.39 is 0 Å². The van der Waals surface area contributed by atoms with Gasteiger partial charge in [0, 0.05) is 18.8 Å². The normalized spacial score (nSPS) is 13.5.